The summed E-state index contributed by atoms with van der Waals surface area (Å²) in [7, 11) is 0. The van der Waals surface area contributed by atoms with Crippen molar-refractivity contribution in [1.29, 1.82) is 0 Å². The van der Waals surface area contributed by atoms with Crippen molar-refractivity contribution < 1.29 is 68.4 Å². The highest BCUT2D eigenvalue weighted by Gasteiger charge is 2.22. The lowest BCUT2D eigenvalue weighted by molar-refractivity contribution is -0.890. The van der Waals surface area contributed by atoms with Crippen LogP contribution in [0.25, 0.3) is 0 Å². The molecule has 56 heavy (non-hydrogen) atoms. The van der Waals surface area contributed by atoms with E-state index in [-0.39, 0.29) is 24.8 Å². The number of carbonyl (C=O) groups excluding carboxylic acids is 4. The molecule has 2 atom stereocenters. The van der Waals surface area contributed by atoms with Crippen molar-refractivity contribution in [3.05, 3.63) is 70.8 Å². The Bertz CT molecular complexity index is 1410. The molecule has 2 fully saturated rings. The summed E-state index contributed by atoms with van der Waals surface area (Å²) in [6, 6.07) is 10.9. The predicted octanol–water partition coefficient (Wildman–Crippen LogP) is -0.489. The van der Waals surface area contributed by atoms with Gasteiger partial charge >= 0.3 is 0 Å². The number of rotatable bonds is 22. The maximum Gasteiger partial charge on any atom is 0.162 e. The Morgan fingerprint density at radius 2 is 1.00 bits per heavy atom. The van der Waals surface area contributed by atoms with Gasteiger partial charge in [0.2, 0.25) is 0 Å². The molecular weight excluding hydrogens is 724 g/mol. The maximum absolute atomic E-state index is 11.9. The van der Waals surface area contributed by atoms with Crippen molar-refractivity contribution in [2.24, 2.45) is 0 Å². The third-order valence-electron chi connectivity index (χ3n) is 9.22. The fourth-order valence-corrected chi connectivity index (χ4v) is 6.30. The van der Waals surface area contributed by atoms with Crippen LogP contribution >= 0.6 is 0 Å². The molecule has 0 aromatic heterocycles. The summed E-state index contributed by atoms with van der Waals surface area (Å²) in [4.78, 5) is 45.5. The summed E-state index contributed by atoms with van der Waals surface area (Å²) in [5.74, 6) is -1.50. The molecule has 0 spiro atoms. The van der Waals surface area contributed by atoms with E-state index in [2.05, 4.69) is 0 Å². The lowest BCUT2D eigenvalue weighted by atomic mass is 10.1. The van der Waals surface area contributed by atoms with Crippen molar-refractivity contribution in [3.63, 3.8) is 0 Å². The fourth-order valence-electron chi connectivity index (χ4n) is 6.30. The van der Waals surface area contributed by atoms with Gasteiger partial charge in [0.1, 0.15) is 50.0 Å². The number of ether oxygens (including phenoxy) is 4. The first-order valence-corrected chi connectivity index (χ1v) is 19.8. The minimum absolute atomic E-state index is 0.108. The van der Waals surface area contributed by atoms with Gasteiger partial charge in [0.15, 0.2) is 11.6 Å². The highest BCUT2D eigenvalue weighted by Crippen LogP contribution is 2.24. The molecule has 0 bridgehead atoms. The van der Waals surface area contributed by atoms with Crippen molar-refractivity contribution in [1.82, 2.24) is 0 Å². The first-order chi connectivity index (χ1) is 26.9. The first kappa shape index (κ1) is 48.0. The summed E-state index contributed by atoms with van der Waals surface area (Å²) in [5, 5.41) is 39.2. The summed E-state index contributed by atoms with van der Waals surface area (Å²) in [5.41, 5.74) is 3.08. The summed E-state index contributed by atoms with van der Waals surface area (Å²) in [6.07, 6.45) is 5.75. The summed E-state index contributed by atoms with van der Waals surface area (Å²) < 4.78 is 22.6. The lowest BCUT2D eigenvalue weighted by Crippen LogP contribution is -3.11. The second-order valence-corrected chi connectivity index (χ2v) is 13.7. The van der Waals surface area contributed by atoms with Gasteiger partial charge < -0.3 is 58.8 Å². The molecule has 4 rings (SSSR count). The molecule has 2 saturated heterocycles. The Balaban J connectivity index is 0.000000325. The number of Topliss-reactive ketones (excluding diaryl/α,β-unsaturated/α-hetero) is 2. The molecule has 2 aromatic carbocycles. The summed E-state index contributed by atoms with van der Waals surface area (Å²) >= 11 is 0. The van der Waals surface area contributed by atoms with Gasteiger partial charge in [0.25, 0.3) is 0 Å². The van der Waals surface area contributed by atoms with Crippen LogP contribution in [0.2, 0.25) is 0 Å². The van der Waals surface area contributed by atoms with Crippen molar-refractivity contribution >= 4 is 23.5 Å². The van der Waals surface area contributed by atoms with Crippen LogP contribution in [0.3, 0.4) is 0 Å². The van der Waals surface area contributed by atoms with Crippen molar-refractivity contribution in [2.45, 2.75) is 91.6 Å². The Hall–Kier alpha value is -4.18. The number of quaternary nitrogens is 2. The topological polar surface area (TPSA) is 201 Å². The minimum atomic E-state index is -1.55. The van der Waals surface area contributed by atoms with Crippen LogP contribution in [-0.2, 0) is 32.3 Å². The van der Waals surface area contributed by atoms with E-state index in [1.165, 1.54) is 35.5 Å². The molecular formula is C42H62N2O12. The minimum Gasteiger partial charge on any atom is -0.545 e. The van der Waals surface area contributed by atoms with E-state index >= 15 is 0 Å². The van der Waals surface area contributed by atoms with Gasteiger partial charge in [-0.2, -0.15) is 0 Å². The maximum atomic E-state index is 11.9. The fraction of sp³-hybridized carbons (Fsp3) is 0.571. The molecule has 0 saturated carbocycles. The third-order valence-corrected chi connectivity index (χ3v) is 9.22. The number of carboxylic acid groups (broad SMARTS) is 2. The molecule has 2 unspecified atom stereocenters. The number of ketones is 2. The number of hydrogen-bond donors (Lipinski definition) is 4. The number of aliphatic hydroxyl groups is 2. The lowest BCUT2D eigenvalue weighted by Gasteiger charge is -2.18. The van der Waals surface area contributed by atoms with E-state index in [4.69, 9.17) is 18.9 Å². The zero-order valence-electron chi connectivity index (χ0n) is 33.5. The van der Waals surface area contributed by atoms with Crippen molar-refractivity contribution in [2.75, 3.05) is 65.7 Å². The molecule has 312 valence electrons. The van der Waals surface area contributed by atoms with Gasteiger partial charge in [0.05, 0.1) is 51.3 Å². The Labute approximate surface area is 331 Å². The number of carboxylic acids is 2. The van der Waals surface area contributed by atoms with Gasteiger partial charge in [-0.3, -0.25) is 9.59 Å². The average Bonchev–Trinajstić information content (AvgIpc) is 3.92. The van der Waals surface area contributed by atoms with Crippen LogP contribution in [0, 0.1) is 0 Å². The van der Waals surface area contributed by atoms with Crippen LogP contribution in [-0.4, -0.2) is 112 Å². The van der Waals surface area contributed by atoms with E-state index in [0.29, 0.717) is 74.0 Å². The molecule has 2 aliphatic heterocycles. The Morgan fingerprint density at radius 3 is 1.30 bits per heavy atom. The van der Waals surface area contributed by atoms with Crippen LogP contribution in [0.1, 0.15) is 98.1 Å². The molecule has 2 aliphatic rings. The Morgan fingerprint density at radius 1 is 0.643 bits per heavy atom. The quantitative estimate of drug-likeness (QED) is 0.0884. The summed E-state index contributed by atoms with van der Waals surface area (Å²) in [6.45, 7) is 16.1. The zero-order chi connectivity index (χ0) is 41.3. The van der Waals surface area contributed by atoms with Gasteiger partial charge in [0, 0.05) is 74.0 Å². The smallest absolute Gasteiger partial charge is 0.162 e. The Kier molecular flexibility index (Phi) is 23.5. The van der Waals surface area contributed by atoms with Gasteiger partial charge in [-0.15, -0.1) is 0 Å². The second kappa shape index (κ2) is 27.4. The number of benzene rings is 2. The molecule has 14 nitrogen and oxygen atoms in total. The van der Waals surface area contributed by atoms with E-state index < -0.39 is 24.1 Å². The molecule has 0 amide bonds. The third kappa shape index (κ3) is 19.1. The van der Waals surface area contributed by atoms with E-state index in [9.17, 15) is 39.6 Å². The van der Waals surface area contributed by atoms with Crippen LogP contribution < -0.4 is 29.5 Å². The van der Waals surface area contributed by atoms with Gasteiger partial charge in [-0.05, 0) is 62.4 Å². The van der Waals surface area contributed by atoms with Gasteiger partial charge in [-0.1, -0.05) is 13.8 Å². The van der Waals surface area contributed by atoms with Crippen molar-refractivity contribution in [3.8, 4) is 11.5 Å². The number of hydrogen-bond acceptors (Lipinski definition) is 12. The molecule has 2 heterocycles. The molecule has 14 heteroatoms. The van der Waals surface area contributed by atoms with E-state index in [1.54, 1.807) is 12.1 Å². The van der Waals surface area contributed by atoms with Crippen LogP contribution in [0.15, 0.2) is 48.6 Å². The number of nitrogens with one attached hydrogen (secondary N) is 2. The number of aliphatic carboxylic acids is 2. The highest BCUT2D eigenvalue weighted by molar-refractivity contribution is 5.96. The molecule has 2 aromatic rings. The van der Waals surface area contributed by atoms with E-state index in [1.807, 2.05) is 52.0 Å². The normalized spacial score (nSPS) is 15.3. The predicted molar refractivity (Wildman–Crippen MR) is 205 cm³/mol. The second-order valence-electron chi connectivity index (χ2n) is 13.7. The largest absolute Gasteiger partial charge is 0.545 e. The zero-order valence-corrected chi connectivity index (χ0v) is 33.5. The first-order valence-electron chi connectivity index (χ1n) is 19.8. The number of likely N-dealkylation sites (tertiary alicyclic amines) is 2. The van der Waals surface area contributed by atoms with Crippen LogP contribution in [0.4, 0.5) is 0 Å². The monoisotopic (exact) mass is 786 g/mol. The highest BCUT2D eigenvalue weighted by atomic mass is 16.5. The van der Waals surface area contributed by atoms with Crippen LogP contribution in [0.5, 0.6) is 11.5 Å². The van der Waals surface area contributed by atoms with Gasteiger partial charge in [-0.25, -0.2) is 0 Å². The van der Waals surface area contributed by atoms with E-state index in [0.717, 1.165) is 50.4 Å². The number of carbonyl (C=O) groups is 4. The number of aliphatic hydroxyl groups excluding tert-OH is 2. The molecule has 4 N–H and O–H groups in total. The molecule has 0 aliphatic carbocycles. The standard InChI is InChI=1S/2C19H29NO4.C4H4O4/c2*1-3-18(22)15-7-8-19(16(11-15)13-23-4-2)24-14-17(21)12-20-9-5-6-10-20;5-3(6)1-2-4(7)8/h2*7-8,11,17,21H,3-6,9-10,12-14H2,1-2H3;1-2H,(H,5,6)(H,7,8)/b;;2-1+. The SMILES string of the molecule is CCOCc1cc(C(=O)CC)ccc1OCC(O)C[NH+]1CCCC1.CCOCc1cc(C(=O)CC)ccc1OCC(O)C[NH+]1CCCC1.O=C([O-])/C=C/C(=O)[O-]. The average molecular weight is 787 g/mol. The molecule has 0 radical (unpaired) electrons.